The number of benzene rings is 2. The van der Waals surface area contributed by atoms with E-state index in [1.807, 2.05) is 0 Å². The minimum atomic E-state index is -2.68. The second-order valence-electron chi connectivity index (χ2n) is 13.0. The molecule has 38 heavy (non-hydrogen) atoms. The molecule has 0 aromatic heterocycles. The Labute approximate surface area is 236 Å². The van der Waals surface area contributed by atoms with Crippen LogP contribution >= 0.6 is 0 Å². The number of hydrogen-bond donors (Lipinski definition) is 0. The molecule has 0 bridgehead atoms. The second-order valence-corrected chi connectivity index (χ2v) is 22.1. The average molecular weight is 551 g/mol. The van der Waals surface area contributed by atoms with Crippen molar-refractivity contribution in [3.8, 4) is 0 Å². The smallest absolute Gasteiger partial charge is 0.261 e. The lowest BCUT2D eigenvalue weighted by Gasteiger charge is -2.45. The Bertz CT molecular complexity index is 943. The Morgan fingerprint density at radius 3 is 1.76 bits per heavy atom. The topological polar surface area (TPSA) is 18.5 Å². The van der Waals surface area contributed by atoms with Gasteiger partial charge in [-0.2, -0.15) is 0 Å². The van der Waals surface area contributed by atoms with Crippen LogP contribution in [0.15, 0.2) is 85.0 Å². The van der Waals surface area contributed by atoms with E-state index in [-0.39, 0.29) is 16.2 Å². The summed E-state index contributed by atoms with van der Waals surface area (Å²) in [6.45, 7) is 21.4. The van der Waals surface area contributed by atoms with Gasteiger partial charge in [-0.25, -0.2) is 0 Å². The molecule has 4 heteroatoms. The van der Waals surface area contributed by atoms with Gasteiger partial charge in [0.15, 0.2) is 8.32 Å². The van der Waals surface area contributed by atoms with Crippen LogP contribution in [0.2, 0.25) is 23.2 Å². The minimum Gasteiger partial charge on any atom is -0.414 e. The molecule has 0 saturated carbocycles. The summed E-state index contributed by atoms with van der Waals surface area (Å²) >= 11 is 0. The van der Waals surface area contributed by atoms with Crippen LogP contribution in [-0.4, -0.2) is 29.3 Å². The van der Waals surface area contributed by atoms with Gasteiger partial charge in [0, 0.05) is 0 Å². The van der Waals surface area contributed by atoms with E-state index < -0.39 is 16.6 Å². The lowest BCUT2D eigenvalue weighted by molar-refractivity contribution is 0.145. The first kappa shape index (κ1) is 32.5. The van der Waals surface area contributed by atoms with Gasteiger partial charge in [-0.3, -0.25) is 0 Å². The summed E-state index contributed by atoms with van der Waals surface area (Å²) in [5.74, 6) is 0. The summed E-state index contributed by atoms with van der Waals surface area (Å²) < 4.78 is 14.2. The molecule has 2 rings (SSSR count). The summed E-state index contributed by atoms with van der Waals surface area (Å²) in [4.78, 5) is 0. The fraction of sp³-hybridized carbons (Fsp3) is 0.529. The molecule has 0 aliphatic heterocycles. The van der Waals surface area contributed by atoms with Crippen molar-refractivity contribution >= 4 is 27.0 Å². The van der Waals surface area contributed by atoms with E-state index in [1.54, 1.807) is 0 Å². The molecule has 0 fully saturated rings. The van der Waals surface area contributed by atoms with Crippen LogP contribution in [0.5, 0.6) is 0 Å². The van der Waals surface area contributed by atoms with Crippen molar-refractivity contribution in [2.45, 2.75) is 110 Å². The molecule has 2 aromatic rings. The highest BCUT2D eigenvalue weighted by Crippen LogP contribution is 2.39. The fourth-order valence-corrected chi connectivity index (χ4v) is 10.2. The van der Waals surface area contributed by atoms with Crippen LogP contribution < -0.4 is 10.4 Å². The predicted octanol–water partition coefficient (Wildman–Crippen LogP) is 9.04. The van der Waals surface area contributed by atoms with Crippen molar-refractivity contribution in [3.63, 3.8) is 0 Å². The van der Waals surface area contributed by atoms with Crippen LogP contribution in [0, 0.1) is 0 Å². The van der Waals surface area contributed by atoms with Crippen LogP contribution in [-0.2, 0) is 8.85 Å². The Balaban J connectivity index is 2.46. The maximum Gasteiger partial charge on any atom is 0.261 e. The summed E-state index contributed by atoms with van der Waals surface area (Å²) in [5, 5.41) is 2.69. The zero-order valence-electron chi connectivity index (χ0n) is 25.7. The molecular weight excluding hydrogens is 497 g/mol. The fourth-order valence-electron chi connectivity index (χ4n) is 4.59. The lowest BCUT2D eigenvalue weighted by Crippen LogP contribution is -2.68. The summed E-state index contributed by atoms with van der Waals surface area (Å²) in [7, 11) is -4.61. The molecule has 1 atom stereocenters. The molecule has 2 aromatic carbocycles. The molecule has 0 unspecified atom stereocenters. The Morgan fingerprint density at radius 2 is 1.29 bits per heavy atom. The first-order valence-electron chi connectivity index (χ1n) is 14.6. The first-order chi connectivity index (χ1) is 17.8. The minimum absolute atomic E-state index is 0.0715. The summed E-state index contributed by atoms with van der Waals surface area (Å²) in [6, 6.07) is 21.8. The predicted molar refractivity (Wildman–Crippen MR) is 173 cm³/mol. The maximum atomic E-state index is 7.47. The van der Waals surface area contributed by atoms with Crippen LogP contribution in [0.4, 0.5) is 0 Å². The van der Waals surface area contributed by atoms with Gasteiger partial charge in [0.2, 0.25) is 0 Å². The van der Waals surface area contributed by atoms with Crippen LogP contribution in [0.25, 0.3) is 0 Å². The van der Waals surface area contributed by atoms with Crippen molar-refractivity contribution < 1.29 is 8.85 Å². The third kappa shape index (κ3) is 8.91. The standard InChI is InChI=1S/C34H54O2Si2/c1-10-11-12-13-14-15-16-19-24-30(29-35-37(8,9)33(2,3)4)36-38(34(5,6)7,31-25-20-17-21-26-31)32-27-22-18-23-28-32/h14-15,17-28,30H,10-13,16,29H2,1-9H3/b15-14-,24-19-/t30-/m1/s1. The highest BCUT2D eigenvalue weighted by molar-refractivity contribution is 6.99. The molecule has 210 valence electrons. The highest BCUT2D eigenvalue weighted by Gasteiger charge is 2.51. The van der Waals surface area contributed by atoms with E-state index in [2.05, 4.69) is 147 Å². The maximum absolute atomic E-state index is 7.47. The molecule has 0 saturated heterocycles. The third-order valence-electron chi connectivity index (χ3n) is 7.92. The molecule has 0 amide bonds. The number of allylic oxidation sites excluding steroid dienone is 3. The van der Waals surface area contributed by atoms with E-state index in [0.717, 1.165) is 12.8 Å². The van der Waals surface area contributed by atoms with Gasteiger partial charge in [-0.1, -0.05) is 146 Å². The van der Waals surface area contributed by atoms with E-state index in [9.17, 15) is 0 Å². The molecule has 2 nitrogen and oxygen atoms in total. The van der Waals surface area contributed by atoms with Crippen molar-refractivity contribution in [2.24, 2.45) is 0 Å². The zero-order chi connectivity index (χ0) is 28.3. The van der Waals surface area contributed by atoms with Gasteiger partial charge in [-0.05, 0) is 52.8 Å². The lowest BCUT2D eigenvalue weighted by atomic mass is 10.2. The second kappa shape index (κ2) is 14.6. The quantitative estimate of drug-likeness (QED) is 0.133. The molecule has 0 radical (unpaired) electrons. The molecule has 0 aliphatic rings. The van der Waals surface area contributed by atoms with Crippen LogP contribution in [0.1, 0.15) is 80.6 Å². The summed E-state index contributed by atoms with van der Waals surface area (Å²) in [6.07, 6.45) is 15.0. The van der Waals surface area contributed by atoms with E-state index in [4.69, 9.17) is 8.85 Å². The molecule has 0 heterocycles. The molecule has 0 spiro atoms. The van der Waals surface area contributed by atoms with Crippen LogP contribution in [0.3, 0.4) is 0 Å². The monoisotopic (exact) mass is 550 g/mol. The van der Waals surface area contributed by atoms with Gasteiger partial charge in [0.1, 0.15) is 0 Å². The first-order valence-corrected chi connectivity index (χ1v) is 19.4. The van der Waals surface area contributed by atoms with Gasteiger partial charge in [-0.15, -0.1) is 0 Å². The Morgan fingerprint density at radius 1 is 0.737 bits per heavy atom. The van der Waals surface area contributed by atoms with E-state index in [1.165, 1.54) is 29.6 Å². The summed E-state index contributed by atoms with van der Waals surface area (Å²) in [5.41, 5.74) is 0. The van der Waals surface area contributed by atoms with E-state index >= 15 is 0 Å². The van der Waals surface area contributed by atoms with Gasteiger partial charge in [0.05, 0.1) is 12.7 Å². The highest BCUT2D eigenvalue weighted by atomic mass is 28.4. The largest absolute Gasteiger partial charge is 0.414 e. The van der Waals surface area contributed by atoms with Crippen molar-refractivity contribution in [3.05, 3.63) is 85.0 Å². The van der Waals surface area contributed by atoms with Gasteiger partial charge < -0.3 is 8.85 Å². The van der Waals surface area contributed by atoms with Crippen molar-refractivity contribution in [1.29, 1.82) is 0 Å². The number of unbranched alkanes of at least 4 members (excludes halogenated alkanes) is 3. The average Bonchev–Trinajstić information content (AvgIpc) is 2.86. The van der Waals surface area contributed by atoms with Gasteiger partial charge >= 0.3 is 0 Å². The Kier molecular flexibility index (Phi) is 12.5. The van der Waals surface area contributed by atoms with Crippen molar-refractivity contribution in [2.75, 3.05) is 6.61 Å². The Hall–Kier alpha value is -1.73. The SMILES string of the molecule is CCCCC/C=C\C/C=C\[C@H](CO[Si](C)(C)C(C)(C)C)O[Si](c1ccccc1)(c1ccccc1)C(C)(C)C. The van der Waals surface area contributed by atoms with Gasteiger partial charge in [0.25, 0.3) is 8.32 Å². The number of hydrogen-bond acceptors (Lipinski definition) is 2. The van der Waals surface area contributed by atoms with Crippen molar-refractivity contribution in [1.82, 2.24) is 0 Å². The van der Waals surface area contributed by atoms with E-state index in [0.29, 0.717) is 6.61 Å². The normalized spacial score (nSPS) is 14.4. The molecular formula is C34H54O2Si2. The third-order valence-corrected chi connectivity index (χ3v) is 17.5. The number of rotatable bonds is 14. The zero-order valence-corrected chi connectivity index (χ0v) is 27.7. The molecule has 0 N–H and O–H groups in total. The molecule has 0 aliphatic carbocycles.